The lowest BCUT2D eigenvalue weighted by molar-refractivity contribution is -0.138. The molecule has 2 fully saturated rings. The second kappa shape index (κ2) is 10.1. The number of aromatic amines is 1. The number of nitrogens with zero attached hydrogens (tertiary/aromatic N) is 4. The maximum Gasteiger partial charge on any atom is 0.303 e. The van der Waals surface area contributed by atoms with Crippen LogP contribution in [0.4, 0.5) is 5.82 Å². The van der Waals surface area contributed by atoms with Crippen molar-refractivity contribution >= 4 is 23.4 Å². The summed E-state index contributed by atoms with van der Waals surface area (Å²) in [5, 5.41) is 18.2. The zero-order valence-corrected chi connectivity index (χ0v) is 19.9. The number of nitrogens with one attached hydrogen (secondary N) is 1. The van der Waals surface area contributed by atoms with Crippen LogP contribution in [-0.4, -0.2) is 44.3 Å². The Kier molecular flexibility index (Phi) is 6.81. The van der Waals surface area contributed by atoms with Crippen molar-refractivity contribution in [2.45, 2.75) is 44.9 Å². The Hall–Kier alpha value is -2.93. The Labute approximate surface area is 204 Å². The Balaban J connectivity index is 1.15. The molecule has 1 aromatic carbocycles. The van der Waals surface area contributed by atoms with E-state index in [4.69, 9.17) is 21.7 Å². The van der Waals surface area contributed by atoms with Gasteiger partial charge in [0.1, 0.15) is 5.82 Å². The van der Waals surface area contributed by atoms with Gasteiger partial charge in [0.25, 0.3) is 0 Å². The quantitative estimate of drug-likeness (QED) is 0.472. The molecule has 0 atom stereocenters. The van der Waals surface area contributed by atoms with E-state index in [0.717, 1.165) is 54.7 Å². The lowest BCUT2D eigenvalue weighted by atomic mass is 9.72. The average molecular weight is 480 g/mol. The van der Waals surface area contributed by atoms with E-state index < -0.39 is 5.97 Å². The summed E-state index contributed by atoms with van der Waals surface area (Å²) in [6.07, 6.45) is 9.07. The zero-order valence-electron chi connectivity index (χ0n) is 19.2. The van der Waals surface area contributed by atoms with E-state index in [2.05, 4.69) is 26.1 Å². The molecule has 1 aliphatic heterocycles. The van der Waals surface area contributed by atoms with E-state index in [9.17, 15) is 4.79 Å². The highest BCUT2D eigenvalue weighted by atomic mass is 35.5. The third-order valence-corrected chi connectivity index (χ3v) is 7.73. The van der Waals surface area contributed by atoms with E-state index in [1.165, 1.54) is 25.7 Å². The number of H-pyrrole nitrogens is 1. The van der Waals surface area contributed by atoms with Crippen LogP contribution in [0.25, 0.3) is 22.8 Å². The van der Waals surface area contributed by atoms with Gasteiger partial charge in [-0.15, -0.1) is 10.2 Å². The highest BCUT2D eigenvalue weighted by Gasteiger charge is 2.31. The fraction of sp³-hybridized carbons (Fsp3) is 0.462. The van der Waals surface area contributed by atoms with Crippen molar-refractivity contribution < 1.29 is 9.90 Å². The standard InChI is InChI=1S/C26H30ClN5O2/c27-22-3-1-2-20(15-22)25-29-26(31-30-25)21-8-9-23(28-16-21)32-12-10-19(11-13-32)18-6-4-17(5-7-18)14-24(33)34/h1-3,8-9,15-19H,4-7,10-14H2,(H,33,34)(H,29,30,31)/t17-,18+. The lowest BCUT2D eigenvalue weighted by Crippen LogP contribution is -2.37. The first kappa shape index (κ1) is 22.8. The van der Waals surface area contributed by atoms with Crippen LogP contribution in [-0.2, 0) is 4.79 Å². The predicted molar refractivity (Wildman–Crippen MR) is 133 cm³/mol. The van der Waals surface area contributed by atoms with Gasteiger partial charge in [-0.05, 0) is 80.5 Å². The van der Waals surface area contributed by atoms with Crippen LogP contribution in [0.3, 0.4) is 0 Å². The fourth-order valence-electron chi connectivity index (χ4n) is 5.58. The lowest BCUT2D eigenvalue weighted by Gasteiger charge is -2.39. The number of hydrogen-bond acceptors (Lipinski definition) is 5. The molecule has 0 amide bonds. The second-order valence-electron chi connectivity index (χ2n) is 9.64. The van der Waals surface area contributed by atoms with Crippen molar-refractivity contribution in [2.24, 2.45) is 17.8 Å². The molecule has 1 saturated carbocycles. The summed E-state index contributed by atoms with van der Waals surface area (Å²) in [6.45, 7) is 2.04. The molecule has 7 nitrogen and oxygen atoms in total. The molecule has 34 heavy (non-hydrogen) atoms. The summed E-state index contributed by atoms with van der Waals surface area (Å²) >= 11 is 6.09. The van der Waals surface area contributed by atoms with Gasteiger partial charge < -0.3 is 15.0 Å². The smallest absolute Gasteiger partial charge is 0.303 e. The SMILES string of the molecule is O=C(O)C[C@H]1CC[C@@H](C2CCN(c3ccc(-c4nnc(-c5cccc(Cl)c5)[nH]4)cn3)CC2)CC1. The Morgan fingerprint density at radius 1 is 0.971 bits per heavy atom. The third-order valence-electron chi connectivity index (χ3n) is 7.49. The monoisotopic (exact) mass is 479 g/mol. The number of carboxylic acid groups (broad SMARTS) is 1. The summed E-state index contributed by atoms with van der Waals surface area (Å²) in [6, 6.07) is 11.6. The van der Waals surface area contributed by atoms with Crippen LogP contribution in [0, 0.1) is 17.8 Å². The first-order chi connectivity index (χ1) is 16.5. The molecule has 3 aromatic rings. The summed E-state index contributed by atoms with van der Waals surface area (Å²) in [4.78, 5) is 21.3. The molecule has 1 saturated heterocycles. The van der Waals surface area contributed by atoms with Crippen molar-refractivity contribution in [3.63, 3.8) is 0 Å². The molecular formula is C26H30ClN5O2. The summed E-state index contributed by atoms with van der Waals surface area (Å²) in [5.41, 5.74) is 1.80. The van der Waals surface area contributed by atoms with E-state index in [-0.39, 0.29) is 0 Å². The molecule has 0 spiro atoms. The highest BCUT2D eigenvalue weighted by molar-refractivity contribution is 6.30. The highest BCUT2D eigenvalue weighted by Crippen LogP contribution is 2.39. The normalized spacial score (nSPS) is 21.5. The minimum Gasteiger partial charge on any atom is -0.481 e. The number of carbonyl (C=O) groups is 1. The molecule has 1 aliphatic carbocycles. The summed E-state index contributed by atoms with van der Waals surface area (Å²) in [7, 11) is 0. The Morgan fingerprint density at radius 3 is 2.32 bits per heavy atom. The number of piperidine rings is 1. The number of anilines is 1. The molecule has 2 aromatic heterocycles. The molecule has 8 heteroatoms. The van der Waals surface area contributed by atoms with Crippen molar-refractivity contribution in [1.82, 2.24) is 20.2 Å². The van der Waals surface area contributed by atoms with Crippen molar-refractivity contribution in [3.05, 3.63) is 47.6 Å². The van der Waals surface area contributed by atoms with Crippen LogP contribution in [0.15, 0.2) is 42.6 Å². The fourth-order valence-corrected chi connectivity index (χ4v) is 5.77. The molecular weight excluding hydrogens is 450 g/mol. The Morgan fingerprint density at radius 2 is 1.68 bits per heavy atom. The van der Waals surface area contributed by atoms with Gasteiger partial charge in [0, 0.05) is 41.9 Å². The second-order valence-corrected chi connectivity index (χ2v) is 10.1. The van der Waals surface area contributed by atoms with Gasteiger partial charge in [-0.2, -0.15) is 0 Å². The van der Waals surface area contributed by atoms with Crippen LogP contribution in [0.5, 0.6) is 0 Å². The van der Waals surface area contributed by atoms with Gasteiger partial charge >= 0.3 is 5.97 Å². The summed E-state index contributed by atoms with van der Waals surface area (Å²) < 4.78 is 0. The van der Waals surface area contributed by atoms with Crippen LogP contribution >= 0.6 is 11.6 Å². The maximum atomic E-state index is 11.0. The number of halogens is 1. The molecule has 0 bridgehead atoms. The van der Waals surface area contributed by atoms with Gasteiger partial charge in [-0.3, -0.25) is 4.79 Å². The minimum atomic E-state index is -0.653. The van der Waals surface area contributed by atoms with Gasteiger partial charge in [0.15, 0.2) is 11.6 Å². The number of aliphatic carboxylic acids is 1. The minimum absolute atomic E-state index is 0.336. The predicted octanol–water partition coefficient (Wildman–Crippen LogP) is 5.68. The average Bonchev–Trinajstić information content (AvgIpc) is 3.35. The topological polar surface area (TPSA) is 95.0 Å². The molecule has 0 radical (unpaired) electrons. The first-order valence-corrected chi connectivity index (χ1v) is 12.5. The molecule has 5 rings (SSSR count). The number of rotatable bonds is 6. The van der Waals surface area contributed by atoms with E-state index in [1.54, 1.807) is 0 Å². The summed E-state index contributed by atoms with van der Waals surface area (Å²) in [5.74, 6) is 3.60. The largest absolute Gasteiger partial charge is 0.481 e. The van der Waals surface area contributed by atoms with Gasteiger partial charge in [0.2, 0.25) is 0 Å². The number of aromatic nitrogens is 4. The van der Waals surface area contributed by atoms with E-state index in [1.807, 2.05) is 36.5 Å². The molecule has 0 unspecified atom stereocenters. The van der Waals surface area contributed by atoms with Gasteiger partial charge in [-0.25, -0.2) is 4.98 Å². The third kappa shape index (κ3) is 5.25. The molecule has 178 valence electrons. The first-order valence-electron chi connectivity index (χ1n) is 12.2. The number of carboxylic acids is 1. The van der Waals surface area contributed by atoms with Crippen molar-refractivity contribution in [1.29, 1.82) is 0 Å². The molecule has 2 aliphatic rings. The number of pyridine rings is 1. The van der Waals surface area contributed by atoms with Gasteiger partial charge in [0.05, 0.1) is 0 Å². The molecule has 3 heterocycles. The Bertz CT molecular complexity index is 1120. The number of benzene rings is 1. The van der Waals surface area contributed by atoms with E-state index in [0.29, 0.717) is 29.0 Å². The van der Waals surface area contributed by atoms with Gasteiger partial charge in [-0.1, -0.05) is 23.7 Å². The van der Waals surface area contributed by atoms with Crippen LogP contribution in [0.2, 0.25) is 5.02 Å². The van der Waals surface area contributed by atoms with Crippen LogP contribution in [0.1, 0.15) is 44.9 Å². The van der Waals surface area contributed by atoms with Crippen molar-refractivity contribution in [3.8, 4) is 22.8 Å². The van der Waals surface area contributed by atoms with Crippen LogP contribution < -0.4 is 4.90 Å². The van der Waals surface area contributed by atoms with E-state index >= 15 is 0 Å². The number of hydrogen-bond donors (Lipinski definition) is 2. The molecule has 2 N–H and O–H groups in total. The zero-order chi connectivity index (χ0) is 23.5. The maximum absolute atomic E-state index is 11.0. The van der Waals surface area contributed by atoms with Crippen molar-refractivity contribution in [2.75, 3.05) is 18.0 Å².